The first-order chi connectivity index (χ1) is 20.1. The first-order valence-corrected chi connectivity index (χ1v) is 16.5. The molecule has 0 aromatic carbocycles. The monoisotopic (exact) mass is 588 g/mol. The summed E-state index contributed by atoms with van der Waals surface area (Å²) < 4.78 is 0. The van der Waals surface area contributed by atoms with Crippen LogP contribution in [0.4, 0.5) is 0 Å². The Morgan fingerprint density at radius 2 is 1.38 bits per heavy atom. The summed E-state index contributed by atoms with van der Waals surface area (Å²) in [6, 6.07) is -2.44. The van der Waals surface area contributed by atoms with Gasteiger partial charge in [0.1, 0.15) is 18.1 Å². The number of carboxylic acid groups (broad SMARTS) is 1. The van der Waals surface area contributed by atoms with Gasteiger partial charge in [-0.2, -0.15) is 0 Å². The van der Waals surface area contributed by atoms with Crippen LogP contribution < -0.4 is 16.4 Å². The highest BCUT2D eigenvalue weighted by atomic mass is 16.4. The number of primary amides is 1. The van der Waals surface area contributed by atoms with Gasteiger partial charge in [0, 0.05) is 6.04 Å². The summed E-state index contributed by atoms with van der Waals surface area (Å²) in [5, 5.41) is 15.7. The van der Waals surface area contributed by atoms with Crippen LogP contribution in [0.5, 0.6) is 0 Å². The molecule has 7 atom stereocenters. The minimum Gasteiger partial charge on any atom is -0.481 e. The van der Waals surface area contributed by atoms with Crippen molar-refractivity contribution in [2.24, 2.45) is 35.3 Å². The third-order valence-electron chi connectivity index (χ3n) is 10.3. The highest BCUT2D eigenvalue weighted by Crippen LogP contribution is 2.41. The van der Waals surface area contributed by atoms with E-state index in [4.69, 9.17) is 5.73 Å². The molecule has 10 heteroatoms. The zero-order valence-electron chi connectivity index (χ0n) is 25.5. The maximum Gasteiger partial charge on any atom is 0.307 e. The van der Waals surface area contributed by atoms with Crippen LogP contribution in [0.3, 0.4) is 0 Å². The summed E-state index contributed by atoms with van der Waals surface area (Å²) in [7, 11) is 0. The minimum atomic E-state index is -0.961. The Morgan fingerprint density at radius 1 is 0.786 bits per heavy atom. The van der Waals surface area contributed by atoms with Gasteiger partial charge >= 0.3 is 5.97 Å². The van der Waals surface area contributed by atoms with Gasteiger partial charge in [-0.15, -0.1) is 0 Å². The normalized spacial score (nSPS) is 29.8. The highest BCUT2D eigenvalue weighted by molar-refractivity contribution is 5.95. The van der Waals surface area contributed by atoms with Crippen LogP contribution in [-0.4, -0.2) is 63.8 Å². The van der Waals surface area contributed by atoms with Crippen LogP contribution >= 0.6 is 0 Å². The zero-order chi connectivity index (χ0) is 30.4. The number of aliphatic carboxylic acids is 1. The molecule has 3 aliphatic carbocycles. The quantitative estimate of drug-likeness (QED) is 0.289. The van der Waals surface area contributed by atoms with Crippen molar-refractivity contribution in [1.29, 1.82) is 0 Å². The van der Waals surface area contributed by atoms with E-state index in [1.165, 1.54) is 6.42 Å². The molecule has 236 valence electrons. The third-order valence-corrected chi connectivity index (χ3v) is 10.3. The number of carbonyl (C=O) groups is 5. The van der Waals surface area contributed by atoms with Gasteiger partial charge in [-0.25, -0.2) is 0 Å². The lowest BCUT2D eigenvalue weighted by molar-refractivity contribution is -0.150. The standard InChI is InChI=1S/C32H52N4O6/c1-19(2)16-24(28(33)37)34-30(39)27-18-21-12-6-9-15-26(21)36(27)31(40)25(17-20-10-4-3-5-11-20)35-29(38)22-13-7-8-14-23(22)32(41)42/h19-27H,3-18H2,1-2H3,(H2,33,37)(H,34,39)(H,35,38)(H,41,42)/t21?,22-,23-,24+,25+,26?,27+/m1/s1. The molecule has 0 aromatic rings. The molecular formula is C32H52N4O6. The molecule has 0 spiro atoms. The van der Waals surface area contributed by atoms with E-state index in [0.717, 1.165) is 64.2 Å². The number of rotatable bonds is 11. The molecule has 5 N–H and O–H groups in total. The van der Waals surface area contributed by atoms with E-state index in [0.29, 0.717) is 32.1 Å². The van der Waals surface area contributed by atoms with Crippen molar-refractivity contribution in [2.45, 2.75) is 141 Å². The van der Waals surface area contributed by atoms with Crippen molar-refractivity contribution in [3.8, 4) is 0 Å². The molecule has 4 rings (SSSR count). The van der Waals surface area contributed by atoms with Crippen molar-refractivity contribution in [1.82, 2.24) is 15.5 Å². The SMILES string of the molecule is CC(C)C[C@H](NC(=O)[C@@H]1CC2CCCCC2N1C(=O)[C@H](CC1CCCCC1)NC(=O)[C@@H]1CCCC[C@H]1C(=O)O)C(N)=O. The second-order valence-corrected chi connectivity index (χ2v) is 13.8. The number of amides is 4. The van der Waals surface area contributed by atoms with E-state index in [9.17, 15) is 29.1 Å². The Balaban J connectivity index is 1.59. The average Bonchev–Trinajstić information content (AvgIpc) is 3.36. The Bertz CT molecular complexity index is 995. The number of likely N-dealkylation sites (tertiary alicyclic amines) is 1. The van der Waals surface area contributed by atoms with Crippen LogP contribution in [0.2, 0.25) is 0 Å². The fourth-order valence-electron chi connectivity index (χ4n) is 8.17. The summed E-state index contributed by atoms with van der Waals surface area (Å²) in [5.74, 6) is -3.29. The van der Waals surface area contributed by atoms with Crippen molar-refractivity contribution in [2.75, 3.05) is 0 Å². The number of nitrogens with one attached hydrogen (secondary N) is 2. The number of hydrogen-bond acceptors (Lipinski definition) is 5. The maximum absolute atomic E-state index is 14.5. The third kappa shape index (κ3) is 7.84. The van der Waals surface area contributed by atoms with Crippen LogP contribution in [0.1, 0.15) is 117 Å². The molecule has 1 heterocycles. The summed E-state index contributed by atoms with van der Waals surface area (Å²) in [4.78, 5) is 67.8. The smallest absolute Gasteiger partial charge is 0.307 e. The van der Waals surface area contributed by atoms with Gasteiger partial charge in [-0.1, -0.05) is 71.6 Å². The molecular weight excluding hydrogens is 536 g/mol. The van der Waals surface area contributed by atoms with Crippen LogP contribution in [0.15, 0.2) is 0 Å². The number of fused-ring (bicyclic) bond motifs is 1. The van der Waals surface area contributed by atoms with Gasteiger partial charge < -0.3 is 26.4 Å². The molecule has 4 fully saturated rings. The zero-order valence-corrected chi connectivity index (χ0v) is 25.5. The van der Waals surface area contributed by atoms with Crippen LogP contribution in [-0.2, 0) is 24.0 Å². The molecule has 0 radical (unpaired) electrons. The molecule has 0 aromatic heterocycles. The molecule has 10 nitrogen and oxygen atoms in total. The van der Waals surface area contributed by atoms with E-state index in [1.807, 2.05) is 13.8 Å². The number of nitrogens with zero attached hydrogens (tertiary/aromatic N) is 1. The number of carbonyl (C=O) groups excluding carboxylic acids is 4. The van der Waals surface area contributed by atoms with Crippen LogP contribution in [0, 0.1) is 29.6 Å². The van der Waals surface area contributed by atoms with Gasteiger partial charge in [0.25, 0.3) is 0 Å². The first-order valence-electron chi connectivity index (χ1n) is 16.5. The maximum atomic E-state index is 14.5. The van der Waals surface area contributed by atoms with Crippen LogP contribution in [0.25, 0.3) is 0 Å². The lowest BCUT2D eigenvalue weighted by Crippen LogP contribution is -2.59. The Labute approximate surface area is 250 Å². The Hall–Kier alpha value is -2.65. The number of nitrogens with two attached hydrogens (primary N) is 1. The average molecular weight is 589 g/mol. The van der Waals surface area contributed by atoms with Crippen molar-refractivity contribution in [3.05, 3.63) is 0 Å². The Morgan fingerprint density at radius 3 is 2.02 bits per heavy atom. The van der Waals surface area contributed by atoms with Gasteiger partial charge in [0.2, 0.25) is 23.6 Å². The molecule has 3 saturated carbocycles. The lowest BCUT2D eigenvalue weighted by Gasteiger charge is -2.38. The van der Waals surface area contributed by atoms with Gasteiger partial charge in [-0.3, -0.25) is 24.0 Å². The molecule has 1 aliphatic heterocycles. The summed E-state index contributed by atoms with van der Waals surface area (Å²) in [6.45, 7) is 3.92. The fourth-order valence-corrected chi connectivity index (χ4v) is 8.17. The molecule has 4 amide bonds. The molecule has 42 heavy (non-hydrogen) atoms. The topological polar surface area (TPSA) is 159 Å². The second kappa shape index (κ2) is 14.7. The minimum absolute atomic E-state index is 0.0914. The Kier molecular flexibility index (Phi) is 11.3. The number of hydrogen-bond donors (Lipinski definition) is 4. The molecule has 1 saturated heterocycles. The van der Waals surface area contributed by atoms with Crippen molar-refractivity contribution in [3.63, 3.8) is 0 Å². The van der Waals surface area contributed by atoms with E-state index < -0.39 is 41.8 Å². The predicted octanol–water partition coefficient (Wildman–Crippen LogP) is 3.51. The largest absolute Gasteiger partial charge is 0.481 e. The lowest BCUT2D eigenvalue weighted by atomic mass is 9.78. The molecule has 4 aliphatic rings. The summed E-state index contributed by atoms with van der Waals surface area (Å²) in [5.41, 5.74) is 5.63. The molecule has 0 bridgehead atoms. The van der Waals surface area contributed by atoms with E-state index in [-0.39, 0.29) is 41.5 Å². The van der Waals surface area contributed by atoms with Crippen molar-refractivity contribution >= 4 is 29.6 Å². The number of carboxylic acids is 1. The van der Waals surface area contributed by atoms with E-state index in [1.54, 1.807) is 4.90 Å². The van der Waals surface area contributed by atoms with Gasteiger partial charge in [0.05, 0.1) is 11.8 Å². The highest BCUT2D eigenvalue weighted by Gasteiger charge is 2.50. The van der Waals surface area contributed by atoms with Crippen molar-refractivity contribution < 1.29 is 29.1 Å². The fraction of sp³-hybridized carbons (Fsp3) is 0.844. The second-order valence-electron chi connectivity index (χ2n) is 13.8. The predicted molar refractivity (Wildman–Crippen MR) is 158 cm³/mol. The van der Waals surface area contributed by atoms with Gasteiger partial charge in [0.15, 0.2) is 0 Å². The molecule has 2 unspecified atom stereocenters. The summed E-state index contributed by atoms with van der Waals surface area (Å²) >= 11 is 0. The van der Waals surface area contributed by atoms with E-state index in [2.05, 4.69) is 10.6 Å². The first kappa shape index (κ1) is 32.3. The van der Waals surface area contributed by atoms with Gasteiger partial charge in [-0.05, 0) is 62.7 Å². The summed E-state index contributed by atoms with van der Waals surface area (Å²) in [6.07, 6.45) is 13.1. The van der Waals surface area contributed by atoms with E-state index >= 15 is 0 Å².